The van der Waals surface area contributed by atoms with Crippen LogP contribution < -0.4 is 27.4 Å². The van der Waals surface area contributed by atoms with Crippen molar-refractivity contribution in [2.75, 3.05) is 19.6 Å². The summed E-state index contributed by atoms with van der Waals surface area (Å²) in [6, 6.07) is 6.39. The molecule has 1 aromatic carbocycles. The summed E-state index contributed by atoms with van der Waals surface area (Å²) in [6.07, 6.45) is 0.563. The van der Waals surface area contributed by atoms with Gasteiger partial charge in [-0.2, -0.15) is 0 Å². The van der Waals surface area contributed by atoms with Gasteiger partial charge in [-0.1, -0.05) is 30.3 Å². The monoisotopic (exact) mass is 475 g/mol. The molecular formula is C21H29N7O6. The number of amides is 5. The predicted molar refractivity (Wildman–Crippen MR) is 121 cm³/mol. The number of hydrogen-bond donors (Lipinski definition) is 6. The van der Waals surface area contributed by atoms with Gasteiger partial charge < -0.3 is 32.5 Å². The number of guanidine groups is 1. The molecular weight excluding hydrogens is 446 g/mol. The number of carbonyl (C=O) groups is 5. The number of nitrogens with two attached hydrogens (primary N) is 2. The average molecular weight is 476 g/mol. The summed E-state index contributed by atoms with van der Waals surface area (Å²) in [5.41, 5.74) is 11.4. The number of carboxylic acids is 1. The van der Waals surface area contributed by atoms with Crippen molar-refractivity contribution in [3.63, 3.8) is 0 Å². The lowest BCUT2D eigenvalue weighted by atomic mass is 10.1. The van der Waals surface area contributed by atoms with E-state index in [-0.39, 0.29) is 25.5 Å². The van der Waals surface area contributed by atoms with Crippen LogP contribution in [0.15, 0.2) is 35.3 Å². The minimum atomic E-state index is -1.36. The Bertz CT molecular complexity index is 933. The van der Waals surface area contributed by atoms with Crippen LogP contribution in [0.5, 0.6) is 0 Å². The molecule has 1 aromatic rings. The zero-order valence-electron chi connectivity index (χ0n) is 18.5. The number of rotatable bonds is 13. The number of nitrogens with zero attached hydrogens (tertiary/aromatic N) is 2. The molecule has 0 saturated carbocycles. The normalized spacial score (nSPS) is 15.9. The van der Waals surface area contributed by atoms with Gasteiger partial charge in [0.25, 0.3) is 5.91 Å². The molecule has 0 bridgehead atoms. The first-order valence-corrected chi connectivity index (χ1v) is 10.7. The number of carboxylic acid groups (broad SMARTS) is 1. The highest BCUT2D eigenvalue weighted by molar-refractivity contribution is 6.06. The standard InChI is InChI=1S/C21H29N7O6/c22-20(23)25-9-4-7-14-19(33)28(21(34)27-14)12-16(29)26-15(11-17(30)31)18(32)24-10-8-13-5-2-1-3-6-13/h1-3,5-6,14-15H,4,7-12H2,(H,24,32)(H,26,29)(H,27,34)(H,30,31)(H4,22,23,25)/t14-,15-/m0/s1. The van der Waals surface area contributed by atoms with E-state index < -0.39 is 54.8 Å². The molecule has 0 spiro atoms. The minimum absolute atomic E-state index is 0.0832. The lowest BCUT2D eigenvalue weighted by molar-refractivity contribution is -0.141. The van der Waals surface area contributed by atoms with Gasteiger partial charge in [-0.25, -0.2) is 4.79 Å². The van der Waals surface area contributed by atoms with Crippen LogP contribution in [0.4, 0.5) is 4.79 Å². The Morgan fingerprint density at radius 1 is 1.18 bits per heavy atom. The quantitative estimate of drug-likeness (QED) is 0.0834. The van der Waals surface area contributed by atoms with Crippen molar-refractivity contribution < 1.29 is 29.1 Å². The molecule has 2 atom stereocenters. The number of aliphatic imine (C=N–C) groups is 1. The van der Waals surface area contributed by atoms with Crippen LogP contribution >= 0.6 is 0 Å². The smallest absolute Gasteiger partial charge is 0.325 e. The Hall–Kier alpha value is -4.16. The second kappa shape index (κ2) is 12.8. The van der Waals surface area contributed by atoms with E-state index in [1.165, 1.54) is 0 Å². The van der Waals surface area contributed by atoms with Gasteiger partial charge in [-0.15, -0.1) is 0 Å². The van der Waals surface area contributed by atoms with Gasteiger partial charge >= 0.3 is 12.0 Å². The Balaban J connectivity index is 1.87. The van der Waals surface area contributed by atoms with Gasteiger partial charge in [0.05, 0.1) is 6.42 Å². The summed E-state index contributed by atoms with van der Waals surface area (Å²) in [6.45, 7) is -0.134. The molecule has 0 aliphatic carbocycles. The Morgan fingerprint density at radius 3 is 2.53 bits per heavy atom. The van der Waals surface area contributed by atoms with E-state index in [4.69, 9.17) is 16.6 Å². The molecule has 0 unspecified atom stereocenters. The molecule has 13 nitrogen and oxygen atoms in total. The summed E-state index contributed by atoms with van der Waals surface area (Å²) >= 11 is 0. The molecule has 1 aliphatic heterocycles. The lowest BCUT2D eigenvalue weighted by Gasteiger charge is -2.19. The van der Waals surface area contributed by atoms with Gasteiger partial charge in [-0.3, -0.25) is 29.1 Å². The first kappa shape index (κ1) is 26.1. The predicted octanol–water partition coefficient (Wildman–Crippen LogP) is -1.72. The maximum atomic E-state index is 12.5. The number of imide groups is 1. The number of urea groups is 1. The second-order valence-electron chi connectivity index (χ2n) is 7.62. The third kappa shape index (κ3) is 8.41. The Morgan fingerprint density at radius 2 is 1.88 bits per heavy atom. The number of nitrogens with one attached hydrogen (secondary N) is 3. The molecule has 13 heteroatoms. The number of aliphatic carboxylic acids is 1. The van der Waals surface area contributed by atoms with E-state index in [1.807, 2.05) is 30.3 Å². The van der Waals surface area contributed by atoms with Gasteiger partial charge in [0, 0.05) is 13.1 Å². The highest BCUT2D eigenvalue weighted by Crippen LogP contribution is 2.11. The largest absolute Gasteiger partial charge is 0.481 e. The summed E-state index contributed by atoms with van der Waals surface area (Å²) in [5.74, 6) is -3.50. The highest BCUT2D eigenvalue weighted by atomic mass is 16.4. The molecule has 1 aliphatic rings. The summed E-state index contributed by atoms with van der Waals surface area (Å²) in [7, 11) is 0. The molecule has 1 saturated heterocycles. The van der Waals surface area contributed by atoms with Crippen LogP contribution in [-0.4, -0.2) is 77.4 Å². The van der Waals surface area contributed by atoms with E-state index >= 15 is 0 Å². The first-order valence-electron chi connectivity index (χ1n) is 10.7. The zero-order chi connectivity index (χ0) is 25.1. The van der Waals surface area contributed by atoms with Gasteiger partial charge in [0.1, 0.15) is 18.6 Å². The number of carbonyl (C=O) groups excluding carboxylic acids is 4. The SMILES string of the molecule is NC(N)=NCCC[C@@H]1NC(=O)N(CC(=O)N[C@@H](CC(=O)O)C(=O)NCCc2ccccc2)C1=O. The van der Waals surface area contributed by atoms with Crippen LogP contribution in [0.1, 0.15) is 24.8 Å². The fraction of sp³-hybridized carbons (Fsp3) is 0.429. The van der Waals surface area contributed by atoms with E-state index in [9.17, 15) is 24.0 Å². The minimum Gasteiger partial charge on any atom is -0.481 e. The van der Waals surface area contributed by atoms with Crippen molar-refractivity contribution in [1.29, 1.82) is 0 Å². The van der Waals surface area contributed by atoms with Crippen molar-refractivity contribution in [3.8, 4) is 0 Å². The summed E-state index contributed by atoms with van der Waals surface area (Å²) < 4.78 is 0. The molecule has 2 rings (SSSR count). The maximum Gasteiger partial charge on any atom is 0.325 e. The maximum absolute atomic E-state index is 12.5. The molecule has 1 fully saturated rings. The third-order valence-electron chi connectivity index (χ3n) is 4.94. The van der Waals surface area contributed by atoms with E-state index in [0.717, 1.165) is 5.56 Å². The van der Waals surface area contributed by atoms with Crippen LogP contribution in [0.25, 0.3) is 0 Å². The summed E-state index contributed by atoms with van der Waals surface area (Å²) in [4.78, 5) is 65.1. The van der Waals surface area contributed by atoms with Crippen LogP contribution in [0.3, 0.4) is 0 Å². The molecule has 5 amide bonds. The average Bonchev–Trinajstić information content (AvgIpc) is 3.04. The summed E-state index contributed by atoms with van der Waals surface area (Å²) in [5, 5.41) is 16.5. The van der Waals surface area contributed by atoms with E-state index in [2.05, 4.69) is 20.9 Å². The molecule has 1 heterocycles. The van der Waals surface area contributed by atoms with Gasteiger partial charge in [-0.05, 0) is 24.8 Å². The molecule has 34 heavy (non-hydrogen) atoms. The van der Waals surface area contributed by atoms with E-state index in [0.29, 0.717) is 17.7 Å². The lowest BCUT2D eigenvalue weighted by Crippen LogP contribution is -2.51. The van der Waals surface area contributed by atoms with Crippen LogP contribution in [0.2, 0.25) is 0 Å². The third-order valence-corrected chi connectivity index (χ3v) is 4.94. The van der Waals surface area contributed by atoms with E-state index in [1.54, 1.807) is 0 Å². The van der Waals surface area contributed by atoms with Gasteiger partial charge in [0.2, 0.25) is 11.8 Å². The second-order valence-corrected chi connectivity index (χ2v) is 7.62. The van der Waals surface area contributed by atoms with Crippen molar-refractivity contribution in [2.45, 2.75) is 37.8 Å². The molecule has 0 aromatic heterocycles. The molecule has 8 N–H and O–H groups in total. The number of hydrogen-bond acceptors (Lipinski definition) is 6. The zero-order valence-corrected chi connectivity index (χ0v) is 18.5. The molecule has 0 radical (unpaired) electrons. The molecule has 184 valence electrons. The Labute approximate surface area is 195 Å². The first-order chi connectivity index (χ1) is 16.2. The van der Waals surface area contributed by atoms with Crippen LogP contribution in [0, 0.1) is 0 Å². The topological polar surface area (TPSA) is 209 Å². The van der Waals surface area contributed by atoms with Crippen molar-refractivity contribution in [1.82, 2.24) is 20.9 Å². The fourth-order valence-corrected chi connectivity index (χ4v) is 3.29. The number of benzene rings is 1. The van der Waals surface area contributed by atoms with Crippen molar-refractivity contribution >= 4 is 35.7 Å². The van der Waals surface area contributed by atoms with Crippen LogP contribution in [-0.2, 0) is 25.6 Å². The van der Waals surface area contributed by atoms with Gasteiger partial charge in [0.15, 0.2) is 5.96 Å². The fourth-order valence-electron chi connectivity index (χ4n) is 3.29. The Kier molecular flexibility index (Phi) is 9.80. The highest BCUT2D eigenvalue weighted by Gasteiger charge is 2.39. The van der Waals surface area contributed by atoms with Crippen molar-refractivity contribution in [2.24, 2.45) is 16.5 Å². The van der Waals surface area contributed by atoms with Crippen molar-refractivity contribution in [3.05, 3.63) is 35.9 Å².